The average molecular weight is 345 g/mol. The molecule has 10 heteroatoms. The minimum Gasteiger partial charge on any atom is -0.405 e. The highest BCUT2D eigenvalue weighted by molar-refractivity contribution is 6.34. The van der Waals surface area contributed by atoms with Crippen molar-refractivity contribution in [1.82, 2.24) is 9.80 Å². The number of benzene rings is 1. The van der Waals surface area contributed by atoms with E-state index in [0.717, 1.165) is 6.07 Å². The third kappa shape index (κ3) is 4.15. The summed E-state index contributed by atoms with van der Waals surface area (Å²) in [6.07, 6.45) is -4.91. The van der Waals surface area contributed by atoms with Gasteiger partial charge in [-0.3, -0.25) is 14.4 Å². The number of halogens is 3. The molecule has 1 aromatic rings. The van der Waals surface area contributed by atoms with Gasteiger partial charge in [0, 0.05) is 26.2 Å². The van der Waals surface area contributed by atoms with E-state index >= 15 is 0 Å². The zero-order chi connectivity index (χ0) is 17.9. The number of hydrogen-bond acceptors (Lipinski definition) is 4. The zero-order valence-corrected chi connectivity index (χ0v) is 12.4. The van der Waals surface area contributed by atoms with Gasteiger partial charge in [0.1, 0.15) is 5.75 Å². The Balaban J connectivity index is 2.09. The fourth-order valence-electron chi connectivity index (χ4n) is 2.30. The Hall–Kier alpha value is -2.78. The number of nitrogens with zero attached hydrogens (tertiary/aromatic N) is 2. The van der Waals surface area contributed by atoms with Gasteiger partial charge in [0.2, 0.25) is 0 Å². The number of alkyl halides is 3. The maximum absolute atomic E-state index is 12.4. The smallest absolute Gasteiger partial charge is 0.405 e. The Morgan fingerprint density at radius 2 is 1.54 bits per heavy atom. The Bertz CT molecular complexity index is 655. The summed E-state index contributed by atoms with van der Waals surface area (Å²) in [5.74, 6) is -3.20. The third-order valence-corrected chi connectivity index (χ3v) is 3.41. The molecule has 1 heterocycles. The molecule has 7 nitrogen and oxygen atoms in total. The second-order valence-corrected chi connectivity index (χ2v) is 4.99. The first-order valence-electron chi connectivity index (χ1n) is 6.92. The molecule has 0 unspecified atom stereocenters. The van der Waals surface area contributed by atoms with Gasteiger partial charge >= 0.3 is 18.2 Å². The molecular weight excluding hydrogens is 331 g/mol. The Morgan fingerprint density at radius 1 is 1.00 bits per heavy atom. The molecule has 0 atom stereocenters. The molecule has 1 aromatic carbocycles. The molecule has 0 saturated carbocycles. The lowest BCUT2D eigenvalue weighted by Gasteiger charge is -2.34. The SMILES string of the molecule is NC(=O)C(=O)N1CCN(C(=O)c2ccccc2OC(F)(F)F)CC1. The molecule has 0 bridgehead atoms. The summed E-state index contributed by atoms with van der Waals surface area (Å²) in [5.41, 5.74) is 4.67. The molecular formula is C14H14F3N3O4. The van der Waals surface area contributed by atoms with Crippen LogP contribution in [0.1, 0.15) is 10.4 Å². The van der Waals surface area contributed by atoms with Crippen LogP contribution < -0.4 is 10.5 Å². The van der Waals surface area contributed by atoms with Gasteiger partial charge in [-0.25, -0.2) is 0 Å². The van der Waals surface area contributed by atoms with E-state index in [1.165, 1.54) is 28.0 Å². The highest BCUT2D eigenvalue weighted by atomic mass is 19.4. The maximum Gasteiger partial charge on any atom is 0.573 e. The van der Waals surface area contributed by atoms with E-state index in [1.54, 1.807) is 0 Å². The van der Waals surface area contributed by atoms with Crippen molar-refractivity contribution >= 4 is 17.7 Å². The molecule has 24 heavy (non-hydrogen) atoms. The van der Waals surface area contributed by atoms with Crippen molar-refractivity contribution in [2.45, 2.75) is 6.36 Å². The second kappa shape index (κ2) is 6.77. The van der Waals surface area contributed by atoms with E-state index in [9.17, 15) is 27.6 Å². The third-order valence-electron chi connectivity index (χ3n) is 3.41. The summed E-state index contributed by atoms with van der Waals surface area (Å²) in [6.45, 7) is 0.266. The van der Waals surface area contributed by atoms with Gasteiger partial charge < -0.3 is 20.3 Å². The molecule has 1 saturated heterocycles. The van der Waals surface area contributed by atoms with Crippen LogP contribution in [0, 0.1) is 0 Å². The largest absolute Gasteiger partial charge is 0.573 e. The number of nitrogens with two attached hydrogens (primary N) is 1. The number of amides is 3. The first-order valence-corrected chi connectivity index (χ1v) is 6.92. The summed E-state index contributed by atoms with van der Waals surface area (Å²) >= 11 is 0. The molecule has 2 N–H and O–H groups in total. The summed E-state index contributed by atoms with van der Waals surface area (Å²) in [5, 5.41) is 0. The van der Waals surface area contributed by atoms with Crippen molar-refractivity contribution in [3.8, 4) is 5.75 Å². The quantitative estimate of drug-likeness (QED) is 0.783. The molecule has 0 radical (unpaired) electrons. The predicted octanol–water partition coefficient (Wildman–Crippen LogP) is 0.355. The van der Waals surface area contributed by atoms with Crippen molar-refractivity contribution in [3.63, 3.8) is 0 Å². The van der Waals surface area contributed by atoms with Crippen LogP contribution in [0.4, 0.5) is 13.2 Å². The molecule has 1 aliphatic heterocycles. The topological polar surface area (TPSA) is 92.9 Å². The Morgan fingerprint density at radius 3 is 2.08 bits per heavy atom. The van der Waals surface area contributed by atoms with Crippen LogP contribution in [-0.4, -0.2) is 60.1 Å². The first-order chi connectivity index (χ1) is 11.2. The first kappa shape index (κ1) is 17.6. The summed E-state index contributed by atoms with van der Waals surface area (Å²) in [4.78, 5) is 37.2. The van der Waals surface area contributed by atoms with Crippen molar-refractivity contribution < 1.29 is 32.3 Å². The van der Waals surface area contributed by atoms with E-state index in [-0.39, 0.29) is 31.7 Å². The lowest BCUT2D eigenvalue weighted by Crippen LogP contribution is -2.53. The molecule has 1 fully saturated rings. The molecule has 0 aliphatic carbocycles. The van der Waals surface area contributed by atoms with Gasteiger partial charge in [-0.2, -0.15) is 0 Å². The number of para-hydroxylation sites is 1. The highest BCUT2D eigenvalue weighted by Crippen LogP contribution is 2.27. The van der Waals surface area contributed by atoms with E-state index in [1.807, 2.05) is 0 Å². The molecule has 130 valence electrons. The number of carbonyl (C=O) groups is 3. The van der Waals surface area contributed by atoms with Crippen LogP contribution in [0.15, 0.2) is 24.3 Å². The number of ether oxygens (including phenoxy) is 1. The monoisotopic (exact) mass is 345 g/mol. The van der Waals surface area contributed by atoms with E-state index in [2.05, 4.69) is 4.74 Å². The Kier molecular flexibility index (Phi) is 4.96. The van der Waals surface area contributed by atoms with Crippen LogP contribution >= 0.6 is 0 Å². The van der Waals surface area contributed by atoms with Gasteiger partial charge in [0.05, 0.1) is 5.56 Å². The lowest BCUT2D eigenvalue weighted by molar-refractivity contribution is -0.274. The molecule has 2 rings (SSSR count). The van der Waals surface area contributed by atoms with Gasteiger partial charge in [-0.05, 0) is 12.1 Å². The van der Waals surface area contributed by atoms with Crippen molar-refractivity contribution in [1.29, 1.82) is 0 Å². The zero-order valence-electron chi connectivity index (χ0n) is 12.4. The molecule has 1 aliphatic rings. The predicted molar refractivity (Wildman–Crippen MR) is 74.8 cm³/mol. The van der Waals surface area contributed by atoms with Crippen LogP contribution in [0.25, 0.3) is 0 Å². The van der Waals surface area contributed by atoms with Crippen molar-refractivity contribution in [3.05, 3.63) is 29.8 Å². The summed E-state index contributed by atoms with van der Waals surface area (Å²) in [7, 11) is 0. The fourth-order valence-corrected chi connectivity index (χ4v) is 2.30. The lowest BCUT2D eigenvalue weighted by atomic mass is 10.1. The number of primary amides is 1. The molecule has 3 amide bonds. The number of hydrogen-bond donors (Lipinski definition) is 1. The van der Waals surface area contributed by atoms with E-state index < -0.39 is 29.8 Å². The van der Waals surface area contributed by atoms with E-state index in [4.69, 9.17) is 5.73 Å². The summed E-state index contributed by atoms with van der Waals surface area (Å²) < 4.78 is 41.1. The van der Waals surface area contributed by atoms with Crippen LogP contribution in [0.5, 0.6) is 5.75 Å². The van der Waals surface area contributed by atoms with Gasteiger partial charge in [0.15, 0.2) is 0 Å². The number of carbonyl (C=O) groups excluding carboxylic acids is 3. The van der Waals surface area contributed by atoms with Crippen molar-refractivity contribution in [2.75, 3.05) is 26.2 Å². The standard InChI is InChI=1S/C14H14F3N3O4/c15-14(16,17)24-10-4-2-1-3-9(10)12(22)19-5-7-20(8-6-19)13(23)11(18)21/h1-4H,5-8H2,(H2,18,21). The highest BCUT2D eigenvalue weighted by Gasteiger charge is 2.34. The molecule has 0 spiro atoms. The van der Waals surface area contributed by atoms with E-state index in [0.29, 0.717) is 0 Å². The van der Waals surface area contributed by atoms with Gasteiger partial charge in [-0.15, -0.1) is 13.2 Å². The average Bonchev–Trinajstić information content (AvgIpc) is 2.52. The van der Waals surface area contributed by atoms with Gasteiger partial charge in [-0.1, -0.05) is 12.1 Å². The molecule has 0 aromatic heterocycles. The number of rotatable bonds is 2. The van der Waals surface area contributed by atoms with Crippen molar-refractivity contribution in [2.24, 2.45) is 5.73 Å². The Labute approximate surface area is 134 Å². The maximum atomic E-state index is 12.4. The van der Waals surface area contributed by atoms with Crippen LogP contribution in [-0.2, 0) is 9.59 Å². The fraction of sp³-hybridized carbons (Fsp3) is 0.357. The summed E-state index contributed by atoms with van der Waals surface area (Å²) in [6, 6.07) is 5.02. The normalized spacial score (nSPS) is 15.1. The minimum atomic E-state index is -4.91. The van der Waals surface area contributed by atoms with Crippen LogP contribution in [0.3, 0.4) is 0 Å². The van der Waals surface area contributed by atoms with Gasteiger partial charge in [0.25, 0.3) is 5.91 Å². The second-order valence-electron chi connectivity index (χ2n) is 4.99. The minimum absolute atomic E-state index is 0.0653. The number of piperazine rings is 1. The van der Waals surface area contributed by atoms with Crippen LogP contribution in [0.2, 0.25) is 0 Å².